The Bertz CT molecular complexity index is 685. The Hall–Kier alpha value is -2.39. The minimum absolute atomic E-state index is 0.347. The smallest absolute Gasteiger partial charge is 0.338 e. The number of esters is 1. The van der Waals surface area contributed by atoms with Gasteiger partial charge in [0.05, 0.1) is 6.10 Å². The van der Waals surface area contributed by atoms with E-state index >= 15 is 0 Å². The average Bonchev–Trinajstić information content (AvgIpc) is 2.55. The van der Waals surface area contributed by atoms with E-state index in [9.17, 15) is 9.90 Å². The Morgan fingerprint density at radius 2 is 1.65 bits per heavy atom. The zero-order valence-electron chi connectivity index (χ0n) is 13.7. The number of aliphatic hydroxyl groups excluding tert-OH is 1. The molecule has 1 unspecified atom stereocenters. The SMILES string of the molecule is C=C(C)C(=O)Oc1ccc(C(O)C(C)(C)c2ccccc2)cc1. The van der Waals surface area contributed by atoms with Crippen LogP contribution in [0.5, 0.6) is 5.75 Å². The Morgan fingerprint density at radius 3 is 2.17 bits per heavy atom. The molecule has 0 aliphatic heterocycles. The van der Waals surface area contributed by atoms with Crippen molar-refractivity contribution in [3.8, 4) is 5.75 Å². The van der Waals surface area contributed by atoms with Crippen molar-refractivity contribution < 1.29 is 14.6 Å². The molecule has 1 N–H and O–H groups in total. The van der Waals surface area contributed by atoms with Gasteiger partial charge in [0.1, 0.15) is 5.75 Å². The van der Waals surface area contributed by atoms with Gasteiger partial charge in [0, 0.05) is 11.0 Å². The van der Waals surface area contributed by atoms with E-state index in [1.54, 1.807) is 31.2 Å². The van der Waals surface area contributed by atoms with Crippen LogP contribution in [0.4, 0.5) is 0 Å². The molecule has 0 aromatic heterocycles. The van der Waals surface area contributed by atoms with E-state index in [0.717, 1.165) is 11.1 Å². The van der Waals surface area contributed by atoms with Gasteiger partial charge in [0.2, 0.25) is 0 Å². The third-order valence-electron chi connectivity index (χ3n) is 3.96. The molecule has 0 saturated heterocycles. The molecular weight excluding hydrogens is 288 g/mol. The lowest BCUT2D eigenvalue weighted by Gasteiger charge is -2.31. The number of hydrogen-bond acceptors (Lipinski definition) is 3. The van der Waals surface area contributed by atoms with Crippen LogP contribution in [0.25, 0.3) is 0 Å². The van der Waals surface area contributed by atoms with E-state index in [1.807, 2.05) is 44.2 Å². The molecule has 2 aromatic rings. The molecule has 3 nitrogen and oxygen atoms in total. The first kappa shape index (κ1) is 17.0. The molecule has 2 aromatic carbocycles. The van der Waals surface area contributed by atoms with Crippen molar-refractivity contribution in [2.75, 3.05) is 0 Å². The average molecular weight is 310 g/mol. The van der Waals surface area contributed by atoms with Crippen LogP contribution in [0.15, 0.2) is 66.7 Å². The van der Waals surface area contributed by atoms with Crippen LogP contribution in [0.1, 0.15) is 38.0 Å². The maximum absolute atomic E-state index is 11.5. The summed E-state index contributed by atoms with van der Waals surface area (Å²) in [5.41, 5.74) is 1.75. The number of benzene rings is 2. The quantitative estimate of drug-likeness (QED) is 0.512. The minimum Gasteiger partial charge on any atom is -0.423 e. The topological polar surface area (TPSA) is 46.5 Å². The van der Waals surface area contributed by atoms with Crippen LogP contribution in [-0.2, 0) is 10.2 Å². The lowest BCUT2D eigenvalue weighted by molar-refractivity contribution is -0.130. The van der Waals surface area contributed by atoms with E-state index in [1.165, 1.54) is 0 Å². The summed E-state index contributed by atoms with van der Waals surface area (Å²) in [5.74, 6) is -0.0191. The molecular formula is C20H22O3. The number of carbonyl (C=O) groups excluding carboxylic acids is 1. The Labute approximate surface area is 137 Å². The predicted molar refractivity (Wildman–Crippen MR) is 91.3 cm³/mol. The van der Waals surface area contributed by atoms with Crippen molar-refractivity contribution in [2.24, 2.45) is 0 Å². The maximum Gasteiger partial charge on any atom is 0.338 e. The van der Waals surface area contributed by atoms with Gasteiger partial charge in [-0.2, -0.15) is 0 Å². The largest absolute Gasteiger partial charge is 0.423 e. The van der Waals surface area contributed by atoms with Crippen molar-refractivity contribution in [1.29, 1.82) is 0 Å². The number of carbonyl (C=O) groups is 1. The highest BCUT2D eigenvalue weighted by atomic mass is 16.5. The van der Waals surface area contributed by atoms with E-state index < -0.39 is 17.5 Å². The highest BCUT2D eigenvalue weighted by Gasteiger charge is 2.30. The number of hydrogen-bond donors (Lipinski definition) is 1. The van der Waals surface area contributed by atoms with E-state index in [2.05, 4.69) is 6.58 Å². The zero-order chi connectivity index (χ0) is 17.0. The fourth-order valence-corrected chi connectivity index (χ4v) is 2.35. The molecule has 1 atom stereocenters. The highest BCUT2D eigenvalue weighted by Crippen LogP contribution is 2.37. The van der Waals surface area contributed by atoms with E-state index in [-0.39, 0.29) is 0 Å². The molecule has 0 spiro atoms. The highest BCUT2D eigenvalue weighted by molar-refractivity contribution is 5.88. The normalized spacial score (nSPS) is 12.5. The van der Waals surface area contributed by atoms with Gasteiger partial charge in [0.15, 0.2) is 0 Å². The van der Waals surface area contributed by atoms with Gasteiger partial charge in [-0.3, -0.25) is 0 Å². The molecule has 2 rings (SSSR count). The number of rotatable bonds is 5. The molecule has 0 aliphatic rings. The van der Waals surface area contributed by atoms with Crippen LogP contribution in [0, 0.1) is 0 Å². The standard InChI is InChI=1S/C20H22O3/c1-14(2)19(22)23-17-12-10-15(11-13-17)18(21)20(3,4)16-8-6-5-7-9-16/h5-13,18,21H,1H2,2-4H3. The third-order valence-corrected chi connectivity index (χ3v) is 3.96. The van der Waals surface area contributed by atoms with Gasteiger partial charge in [-0.15, -0.1) is 0 Å². The molecule has 0 amide bonds. The Morgan fingerprint density at radius 1 is 1.09 bits per heavy atom. The van der Waals surface area contributed by atoms with Crippen LogP contribution < -0.4 is 4.74 Å². The lowest BCUT2D eigenvalue weighted by Crippen LogP contribution is -2.26. The van der Waals surface area contributed by atoms with Gasteiger partial charge < -0.3 is 9.84 Å². The summed E-state index contributed by atoms with van der Waals surface area (Å²) in [6.45, 7) is 9.15. The first-order chi connectivity index (χ1) is 10.8. The molecule has 0 saturated carbocycles. The van der Waals surface area contributed by atoms with Gasteiger partial charge >= 0.3 is 5.97 Å². The first-order valence-electron chi connectivity index (χ1n) is 7.53. The van der Waals surface area contributed by atoms with Crippen LogP contribution in [0.2, 0.25) is 0 Å². The second kappa shape index (κ2) is 6.80. The second-order valence-corrected chi connectivity index (χ2v) is 6.23. The summed E-state index contributed by atoms with van der Waals surface area (Å²) < 4.78 is 5.16. The molecule has 3 heteroatoms. The minimum atomic E-state index is -0.671. The summed E-state index contributed by atoms with van der Waals surface area (Å²) in [7, 11) is 0. The Kier molecular flexibility index (Phi) is 5.02. The van der Waals surface area contributed by atoms with E-state index in [0.29, 0.717) is 11.3 Å². The lowest BCUT2D eigenvalue weighted by atomic mass is 9.77. The first-order valence-corrected chi connectivity index (χ1v) is 7.53. The predicted octanol–water partition coefficient (Wildman–Crippen LogP) is 4.18. The van der Waals surface area contributed by atoms with Crippen LogP contribution in [0.3, 0.4) is 0 Å². The van der Waals surface area contributed by atoms with Crippen molar-refractivity contribution in [2.45, 2.75) is 32.3 Å². The Balaban J connectivity index is 2.18. The molecule has 0 bridgehead atoms. The molecule has 0 radical (unpaired) electrons. The number of ether oxygens (including phenoxy) is 1. The summed E-state index contributed by atoms with van der Waals surface area (Å²) in [6.07, 6.45) is -0.671. The molecule has 120 valence electrons. The molecule has 0 fully saturated rings. The molecule has 0 aliphatic carbocycles. The number of aliphatic hydroxyl groups is 1. The maximum atomic E-state index is 11.5. The second-order valence-electron chi connectivity index (χ2n) is 6.23. The van der Waals surface area contributed by atoms with Gasteiger partial charge in [0.25, 0.3) is 0 Å². The summed E-state index contributed by atoms with van der Waals surface area (Å²) >= 11 is 0. The molecule has 23 heavy (non-hydrogen) atoms. The summed E-state index contributed by atoms with van der Waals surface area (Å²) in [5, 5.41) is 10.7. The fourth-order valence-electron chi connectivity index (χ4n) is 2.35. The summed E-state index contributed by atoms with van der Waals surface area (Å²) in [6, 6.07) is 16.8. The van der Waals surface area contributed by atoms with Gasteiger partial charge in [-0.25, -0.2) is 4.79 Å². The monoisotopic (exact) mass is 310 g/mol. The van der Waals surface area contributed by atoms with Crippen LogP contribution >= 0.6 is 0 Å². The van der Waals surface area contributed by atoms with Crippen molar-refractivity contribution in [3.05, 3.63) is 77.9 Å². The van der Waals surface area contributed by atoms with Crippen molar-refractivity contribution in [3.63, 3.8) is 0 Å². The van der Waals surface area contributed by atoms with Gasteiger partial charge in [-0.1, -0.05) is 62.9 Å². The molecule has 0 heterocycles. The van der Waals surface area contributed by atoms with Crippen molar-refractivity contribution in [1.82, 2.24) is 0 Å². The third kappa shape index (κ3) is 3.88. The van der Waals surface area contributed by atoms with Crippen LogP contribution in [-0.4, -0.2) is 11.1 Å². The van der Waals surface area contributed by atoms with Crippen molar-refractivity contribution >= 4 is 5.97 Å². The fraction of sp³-hybridized carbons (Fsp3) is 0.250. The zero-order valence-corrected chi connectivity index (χ0v) is 13.7. The van der Waals surface area contributed by atoms with E-state index in [4.69, 9.17) is 4.74 Å². The summed E-state index contributed by atoms with van der Waals surface area (Å²) in [4.78, 5) is 11.5. The van der Waals surface area contributed by atoms with Gasteiger partial charge in [-0.05, 0) is 30.2 Å².